The Bertz CT molecular complexity index is 771. The number of aryl methyl sites for hydroxylation is 2. The normalized spacial score (nSPS) is 12.0. The van der Waals surface area contributed by atoms with Gasteiger partial charge in [-0.1, -0.05) is 6.07 Å². The van der Waals surface area contributed by atoms with Gasteiger partial charge in [-0.05, 0) is 54.7 Å². The summed E-state index contributed by atoms with van der Waals surface area (Å²) in [5, 5.41) is 36.5. The summed E-state index contributed by atoms with van der Waals surface area (Å²) in [5.74, 6) is 0.822. The maximum atomic E-state index is 12.1. The first-order valence-corrected chi connectivity index (χ1v) is 8.92. The maximum absolute atomic E-state index is 12.1. The van der Waals surface area contributed by atoms with Crippen molar-refractivity contribution in [3.8, 4) is 17.2 Å². The van der Waals surface area contributed by atoms with Crippen LogP contribution in [0.5, 0.6) is 17.2 Å². The zero-order chi connectivity index (χ0) is 19.8. The molecule has 0 aromatic heterocycles. The van der Waals surface area contributed by atoms with Crippen LogP contribution in [0.25, 0.3) is 0 Å². The van der Waals surface area contributed by atoms with Crippen LogP contribution in [-0.2, 0) is 24.2 Å². The van der Waals surface area contributed by atoms with E-state index in [0.29, 0.717) is 42.7 Å². The average molecular weight is 375 g/mol. The Morgan fingerprint density at radius 2 is 1.85 bits per heavy atom. The highest BCUT2D eigenvalue weighted by atomic mass is 16.5. The van der Waals surface area contributed by atoms with E-state index in [-0.39, 0.29) is 24.6 Å². The lowest BCUT2D eigenvalue weighted by atomic mass is 9.99. The van der Waals surface area contributed by atoms with E-state index in [4.69, 9.17) is 14.9 Å². The minimum Gasteiger partial charge on any atom is -0.591 e. The standard InChI is InChI=1S/C21H26O6/c1-27-21-11-15(5-9-20(21)26)3-7-18(24)12-17(23)6-2-14-4-8-19(25)16(10-14)13-22/h4-5,8-11,18,22,24-26H,2-3,6-7,12-13H2,1H3/p+1. The van der Waals surface area contributed by atoms with Gasteiger partial charge in [0.15, 0.2) is 0 Å². The second-order valence-electron chi connectivity index (χ2n) is 6.59. The van der Waals surface area contributed by atoms with Crippen LogP contribution in [0, 0.1) is 0 Å². The van der Waals surface area contributed by atoms with E-state index in [1.54, 1.807) is 24.3 Å². The number of aliphatic hydroxyl groups excluding tert-OH is 2. The van der Waals surface area contributed by atoms with Crippen LogP contribution in [0.1, 0.15) is 36.0 Å². The number of rotatable bonds is 10. The molecule has 0 saturated heterocycles. The highest BCUT2D eigenvalue weighted by Gasteiger charge is 2.13. The number of aromatic hydroxyl groups is 1. The van der Waals surface area contributed by atoms with Gasteiger partial charge in [0, 0.05) is 24.5 Å². The molecule has 0 saturated carbocycles. The number of phenols is 1. The highest BCUT2D eigenvalue weighted by Crippen LogP contribution is 2.27. The zero-order valence-electron chi connectivity index (χ0n) is 15.4. The van der Waals surface area contributed by atoms with E-state index >= 15 is 0 Å². The fourth-order valence-electron chi connectivity index (χ4n) is 2.90. The number of ether oxygens (including phenoxy) is 1. The van der Waals surface area contributed by atoms with Crippen molar-refractivity contribution in [2.45, 2.75) is 44.8 Å². The maximum Gasteiger partial charge on any atom is 0.296 e. The number of Topliss-reactive ketones (excluding diaryl/α,β-unsaturated/α-hetero) is 1. The predicted octanol–water partition coefficient (Wildman–Crippen LogP) is 2.22. The second-order valence-corrected chi connectivity index (χ2v) is 6.59. The van der Waals surface area contributed by atoms with Gasteiger partial charge in [0.1, 0.15) is 11.5 Å². The molecule has 6 nitrogen and oxygen atoms in total. The summed E-state index contributed by atoms with van der Waals surface area (Å²) in [6.45, 7) is -0.252. The van der Waals surface area contributed by atoms with Crippen LogP contribution >= 0.6 is 0 Å². The minimum absolute atomic E-state index is 0.0276. The molecule has 6 heteroatoms. The molecule has 2 aromatic carbocycles. The SMILES string of the molecule is COc1cc(CCC(O)CC(=O)CCc2ccc(O)c(CO)c2)ccc1[OH2+]. The van der Waals surface area contributed by atoms with Gasteiger partial charge in [0.2, 0.25) is 5.75 Å². The largest absolute Gasteiger partial charge is 0.591 e. The van der Waals surface area contributed by atoms with Crippen LogP contribution in [0.2, 0.25) is 0 Å². The van der Waals surface area contributed by atoms with Crippen LogP contribution in [0.3, 0.4) is 0 Å². The van der Waals surface area contributed by atoms with E-state index < -0.39 is 6.10 Å². The first kappa shape index (κ1) is 20.7. The molecule has 0 bridgehead atoms. The van der Waals surface area contributed by atoms with Crippen LogP contribution in [0.4, 0.5) is 0 Å². The van der Waals surface area contributed by atoms with E-state index in [9.17, 15) is 15.0 Å². The van der Waals surface area contributed by atoms with Gasteiger partial charge in [-0.2, -0.15) is 0 Å². The van der Waals surface area contributed by atoms with Crippen LogP contribution in [-0.4, -0.2) is 39.4 Å². The molecule has 0 heterocycles. The summed E-state index contributed by atoms with van der Waals surface area (Å²) >= 11 is 0. The molecule has 27 heavy (non-hydrogen) atoms. The molecular weight excluding hydrogens is 348 g/mol. The van der Waals surface area contributed by atoms with Crippen molar-refractivity contribution in [2.75, 3.05) is 7.11 Å². The lowest BCUT2D eigenvalue weighted by molar-refractivity contribution is -0.120. The molecular formula is C21H27O6+. The molecule has 1 atom stereocenters. The van der Waals surface area contributed by atoms with Crippen molar-refractivity contribution in [3.63, 3.8) is 0 Å². The lowest BCUT2D eigenvalue weighted by Crippen LogP contribution is -2.15. The van der Waals surface area contributed by atoms with E-state index in [2.05, 4.69) is 0 Å². The Hall–Kier alpha value is -2.57. The summed E-state index contributed by atoms with van der Waals surface area (Å²) in [4.78, 5) is 12.1. The molecule has 0 aliphatic carbocycles. The van der Waals surface area contributed by atoms with Crippen molar-refractivity contribution in [2.24, 2.45) is 0 Å². The Balaban J connectivity index is 1.78. The molecule has 0 aliphatic heterocycles. The number of hydrogen-bond acceptors (Lipinski definition) is 5. The predicted molar refractivity (Wildman–Crippen MR) is 102 cm³/mol. The fraction of sp³-hybridized carbons (Fsp3) is 0.381. The number of carbonyl (C=O) groups is 1. The Kier molecular flexibility index (Phi) is 7.64. The molecule has 146 valence electrons. The van der Waals surface area contributed by atoms with Crippen LogP contribution < -0.4 is 4.74 Å². The third kappa shape index (κ3) is 6.27. The lowest BCUT2D eigenvalue weighted by Gasteiger charge is -2.11. The highest BCUT2D eigenvalue weighted by molar-refractivity contribution is 5.79. The molecule has 2 aromatic rings. The number of benzene rings is 2. The van der Waals surface area contributed by atoms with Gasteiger partial charge >= 0.3 is 0 Å². The minimum atomic E-state index is -0.716. The number of aliphatic hydroxyl groups is 2. The number of methoxy groups -OCH3 is 1. The van der Waals surface area contributed by atoms with Crippen molar-refractivity contribution in [3.05, 3.63) is 53.1 Å². The summed E-state index contributed by atoms with van der Waals surface area (Å²) in [5.41, 5.74) is 2.26. The quantitative estimate of drug-likeness (QED) is 0.552. The Morgan fingerprint density at radius 1 is 1.15 bits per heavy atom. The smallest absolute Gasteiger partial charge is 0.296 e. The second kappa shape index (κ2) is 9.94. The van der Waals surface area contributed by atoms with Crippen molar-refractivity contribution >= 4 is 5.78 Å². The Labute approximate surface area is 158 Å². The van der Waals surface area contributed by atoms with Gasteiger partial charge in [-0.25, -0.2) is 0 Å². The number of ketones is 1. The molecule has 2 rings (SSSR count). The molecule has 0 amide bonds. The molecule has 1 unspecified atom stereocenters. The number of hydrogen-bond donors (Lipinski definition) is 3. The first-order valence-electron chi connectivity index (χ1n) is 8.92. The monoisotopic (exact) mass is 375 g/mol. The Morgan fingerprint density at radius 3 is 2.56 bits per heavy atom. The summed E-state index contributed by atoms with van der Waals surface area (Å²) in [6.07, 6.45) is 1.24. The van der Waals surface area contributed by atoms with Gasteiger partial charge in [-0.3, -0.25) is 4.79 Å². The van der Waals surface area contributed by atoms with E-state index in [1.165, 1.54) is 13.2 Å². The summed E-state index contributed by atoms with van der Waals surface area (Å²) in [6, 6.07) is 10.2. The summed E-state index contributed by atoms with van der Waals surface area (Å²) in [7, 11) is 1.52. The molecule has 5 N–H and O–H groups in total. The summed E-state index contributed by atoms with van der Waals surface area (Å²) < 4.78 is 5.12. The van der Waals surface area contributed by atoms with Gasteiger partial charge in [0.05, 0.1) is 19.8 Å². The molecule has 0 aliphatic rings. The van der Waals surface area contributed by atoms with Crippen molar-refractivity contribution in [1.82, 2.24) is 0 Å². The van der Waals surface area contributed by atoms with Gasteiger partial charge in [0.25, 0.3) is 5.75 Å². The third-order valence-electron chi connectivity index (χ3n) is 4.50. The first-order chi connectivity index (χ1) is 12.9. The number of carbonyl (C=O) groups excluding carboxylic acids is 1. The van der Waals surface area contributed by atoms with Crippen molar-refractivity contribution < 1.29 is 30.0 Å². The van der Waals surface area contributed by atoms with E-state index in [0.717, 1.165) is 11.1 Å². The van der Waals surface area contributed by atoms with E-state index in [1.807, 2.05) is 6.07 Å². The molecule has 0 spiro atoms. The zero-order valence-corrected chi connectivity index (χ0v) is 15.4. The average Bonchev–Trinajstić information content (AvgIpc) is 2.66. The van der Waals surface area contributed by atoms with Crippen molar-refractivity contribution in [1.29, 1.82) is 0 Å². The van der Waals surface area contributed by atoms with Gasteiger partial charge < -0.3 is 25.2 Å². The molecule has 0 radical (unpaired) electrons. The van der Waals surface area contributed by atoms with Crippen LogP contribution in [0.15, 0.2) is 36.4 Å². The fourth-order valence-corrected chi connectivity index (χ4v) is 2.90. The third-order valence-corrected chi connectivity index (χ3v) is 4.50. The van der Waals surface area contributed by atoms with Gasteiger partial charge in [-0.15, -0.1) is 0 Å². The topological polar surface area (TPSA) is 110 Å². The molecule has 0 fully saturated rings.